The molecule has 0 aliphatic heterocycles. The van der Waals surface area contributed by atoms with Gasteiger partial charge in [0, 0.05) is 16.6 Å². The molecule has 0 aliphatic carbocycles. The standard InChI is InChI=1S/C17H12BrClN2O2/c18-13-9-11(19)6-7-16(13)23-10-17(22)21-15-5-1-4-14-12(15)3-2-8-20-14/h1-9H,10H2,(H,21,22). The van der Waals surface area contributed by atoms with E-state index in [0.29, 0.717) is 20.9 Å². The van der Waals surface area contributed by atoms with Crippen molar-refractivity contribution in [2.45, 2.75) is 0 Å². The second-order valence-corrected chi connectivity index (χ2v) is 6.08. The first-order chi connectivity index (χ1) is 11.1. The minimum atomic E-state index is -0.247. The molecule has 0 radical (unpaired) electrons. The quantitative estimate of drug-likeness (QED) is 0.703. The van der Waals surface area contributed by atoms with Crippen LogP contribution in [0.1, 0.15) is 0 Å². The van der Waals surface area contributed by atoms with E-state index in [9.17, 15) is 4.79 Å². The Balaban J connectivity index is 1.69. The maximum atomic E-state index is 12.1. The number of rotatable bonds is 4. The van der Waals surface area contributed by atoms with Crippen molar-refractivity contribution in [1.82, 2.24) is 4.98 Å². The molecule has 1 aromatic heterocycles. The Labute approximate surface area is 146 Å². The van der Waals surface area contributed by atoms with Gasteiger partial charge in [-0.3, -0.25) is 9.78 Å². The second-order valence-electron chi connectivity index (χ2n) is 4.79. The number of hydrogen-bond acceptors (Lipinski definition) is 3. The molecule has 3 aromatic rings. The fraction of sp³-hybridized carbons (Fsp3) is 0.0588. The third-order valence-electron chi connectivity index (χ3n) is 3.17. The minimum Gasteiger partial charge on any atom is -0.483 e. The van der Waals surface area contributed by atoms with Gasteiger partial charge in [-0.1, -0.05) is 17.7 Å². The van der Waals surface area contributed by atoms with E-state index in [1.165, 1.54) is 0 Å². The number of pyridine rings is 1. The Morgan fingerprint density at radius 3 is 2.91 bits per heavy atom. The van der Waals surface area contributed by atoms with E-state index < -0.39 is 0 Å². The molecule has 2 aromatic carbocycles. The van der Waals surface area contributed by atoms with Gasteiger partial charge in [-0.05, 0) is 58.4 Å². The molecule has 0 saturated carbocycles. The summed E-state index contributed by atoms with van der Waals surface area (Å²) in [5.41, 5.74) is 1.53. The van der Waals surface area contributed by atoms with Crippen LogP contribution in [0.5, 0.6) is 5.75 Å². The van der Waals surface area contributed by atoms with Gasteiger partial charge in [0.25, 0.3) is 5.91 Å². The summed E-state index contributed by atoms with van der Waals surface area (Å²) in [5.74, 6) is 0.312. The van der Waals surface area contributed by atoms with E-state index >= 15 is 0 Å². The van der Waals surface area contributed by atoms with Crippen molar-refractivity contribution >= 4 is 50.0 Å². The topological polar surface area (TPSA) is 51.2 Å². The predicted molar refractivity (Wildman–Crippen MR) is 95.0 cm³/mol. The maximum Gasteiger partial charge on any atom is 0.262 e. The SMILES string of the molecule is O=C(COc1ccc(Cl)cc1Br)Nc1cccc2ncccc12. The number of anilines is 1. The summed E-state index contributed by atoms with van der Waals surface area (Å²) in [5, 5.41) is 4.32. The zero-order valence-electron chi connectivity index (χ0n) is 11.9. The van der Waals surface area contributed by atoms with Crippen LogP contribution in [0.25, 0.3) is 10.9 Å². The number of nitrogens with one attached hydrogen (secondary N) is 1. The van der Waals surface area contributed by atoms with E-state index in [0.717, 1.165) is 10.9 Å². The van der Waals surface area contributed by atoms with Crippen molar-refractivity contribution in [3.63, 3.8) is 0 Å². The summed E-state index contributed by atoms with van der Waals surface area (Å²) < 4.78 is 6.21. The van der Waals surface area contributed by atoms with Crippen LogP contribution in [0.4, 0.5) is 5.69 Å². The Morgan fingerprint density at radius 2 is 2.09 bits per heavy atom. The monoisotopic (exact) mass is 390 g/mol. The number of ether oxygens (including phenoxy) is 1. The zero-order chi connectivity index (χ0) is 16.2. The average molecular weight is 392 g/mol. The third-order valence-corrected chi connectivity index (χ3v) is 4.03. The van der Waals surface area contributed by atoms with E-state index in [2.05, 4.69) is 26.2 Å². The molecule has 4 nitrogen and oxygen atoms in total. The highest BCUT2D eigenvalue weighted by molar-refractivity contribution is 9.10. The molecule has 1 heterocycles. The van der Waals surface area contributed by atoms with Gasteiger partial charge < -0.3 is 10.1 Å². The summed E-state index contributed by atoms with van der Waals surface area (Å²) in [7, 11) is 0. The van der Waals surface area contributed by atoms with Crippen LogP contribution in [0.3, 0.4) is 0 Å². The summed E-state index contributed by atoms with van der Waals surface area (Å²) in [4.78, 5) is 16.4. The van der Waals surface area contributed by atoms with Gasteiger partial charge in [-0.15, -0.1) is 0 Å². The summed E-state index contributed by atoms with van der Waals surface area (Å²) in [6, 6.07) is 14.4. The molecule has 0 fully saturated rings. The number of halogens is 2. The number of hydrogen-bond donors (Lipinski definition) is 1. The number of benzene rings is 2. The minimum absolute atomic E-state index is 0.100. The van der Waals surface area contributed by atoms with Crippen LogP contribution in [0, 0.1) is 0 Å². The van der Waals surface area contributed by atoms with Gasteiger partial charge in [-0.2, -0.15) is 0 Å². The predicted octanol–water partition coefficient (Wildman–Crippen LogP) is 4.67. The van der Waals surface area contributed by atoms with Crippen LogP contribution in [-0.4, -0.2) is 17.5 Å². The molecule has 23 heavy (non-hydrogen) atoms. The highest BCUT2D eigenvalue weighted by Gasteiger charge is 2.08. The Kier molecular flexibility index (Phi) is 4.79. The van der Waals surface area contributed by atoms with E-state index in [-0.39, 0.29) is 12.5 Å². The van der Waals surface area contributed by atoms with Crippen LogP contribution < -0.4 is 10.1 Å². The molecule has 0 saturated heterocycles. The molecule has 0 atom stereocenters. The maximum absolute atomic E-state index is 12.1. The third kappa shape index (κ3) is 3.81. The first kappa shape index (κ1) is 15.8. The lowest BCUT2D eigenvalue weighted by Crippen LogP contribution is -2.20. The Hall–Kier alpha value is -2.11. The van der Waals surface area contributed by atoms with Crippen LogP contribution in [-0.2, 0) is 4.79 Å². The molecular weight excluding hydrogens is 380 g/mol. The van der Waals surface area contributed by atoms with Gasteiger partial charge in [0.05, 0.1) is 15.7 Å². The van der Waals surface area contributed by atoms with Gasteiger partial charge in [0.2, 0.25) is 0 Å². The van der Waals surface area contributed by atoms with Crippen molar-refractivity contribution in [3.8, 4) is 5.75 Å². The lowest BCUT2D eigenvalue weighted by Gasteiger charge is -2.10. The molecule has 116 valence electrons. The largest absolute Gasteiger partial charge is 0.483 e. The zero-order valence-corrected chi connectivity index (χ0v) is 14.3. The number of carbonyl (C=O) groups excluding carboxylic acids is 1. The highest BCUT2D eigenvalue weighted by Crippen LogP contribution is 2.28. The van der Waals surface area contributed by atoms with Crippen molar-refractivity contribution in [2.24, 2.45) is 0 Å². The fourth-order valence-corrected chi connectivity index (χ4v) is 2.93. The van der Waals surface area contributed by atoms with Crippen LogP contribution >= 0.6 is 27.5 Å². The summed E-state index contributed by atoms with van der Waals surface area (Å²) in [6.07, 6.45) is 1.72. The molecule has 1 amide bonds. The molecule has 0 bridgehead atoms. The van der Waals surface area contributed by atoms with Gasteiger partial charge in [0.15, 0.2) is 6.61 Å². The first-order valence-electron chi connectivity index (χ1n) is 6.85. The highest BCUT2D eigenvalue weighted by atomic mass is 79.9. The number of aromatic nitrogens is 1. The van der Waals surface area contributed by atoms with Gasteiger partial charge in [0.1, 0.15) is 5.75 Å². The lowest BCUT2D eigenvalue weighted by molar-refractivity contribution is -0.118. The van der Waals surface area contributed by atoms with Crippen molar-refractivity contribution in [3.05, 3.63) is 64.2 Å². The average Bonchev–Trinajstić information content (AvgIpc) is 2.54. The molecule has 3 rings (SSSR count). The fourth-order valence-electron chi connectivity index (χ4n) is 2.13. The second kappa shape index (κ2) is 6.98. The number of carbonyl (C=O) groups is 1. The van der Waals surface area contributed by atoms with Crippen molar-refractivity contribution in [2.75, 3.05) is 11.9 Å². The number of fused-ring (bicyclic) bond motifs is 1. The lowest BCUT2D eigenvalue weighted by atomic mass is 10.2. The number of nitrogens with zero attached hydrogens (tertiary/aromatic N) is 1. The molecule has 0 spiro atoms. The Bertz CT molecular complexity index is 865. The van der Waals surface area contributed by atoms with E-state index in [1.807, 2.05) is 30.3 Å². The summed E-state index contributed by atoms with van der Waals surface area (Å²) >= 11 is 9.22. The molecule has 6 heteroatoms. The normalized spacial score (nSPS) is 10.5. The van der Waals surface area contributed by atoms with Crippen LogP contribution in [0.15, 0.2) is 59.2 Å². The van der Waals surface area contributed by atoms with E-state index in [4.69, 9.17) is 16.3 Å². The first-order valence-corrected chi connectivity index (χ1v) is 8.02. The molecular formula is C17H12BrClN2O2. The smallest absolute Gasteiger partial charge is 0.262 e. The Morgan fingerprint density at radius 1 is 1.22 bits per heavy atom. The van der Waals surface area contributed by atoms with Crippen molar-refractivity contribution in [1.29, 1.82) is 0 Å². The molecule has 1 N–H and O–H groups in total. The van der Waals surface area contributed by atoms with Crippen molar-refractivity contribution < 1.29 is 9.53 Å². The van der Waals surface area contributed by atoms with E-state index in [1.54, 1.807) is 24.4 Å². The molecule has 0 aliphatic rings. The van der Waals surface area contributed by atoms with Gasteiger partial charge >= 0.3 is 0 Å². The van der Waals surface area contributed by atoms with Crippen LogP contribution in [0.2, 0.25) is 5.02 Å². The molecule has 0 unspecified atom stereocenters. The summed E-state index contributed by atoms with van der Waals surface area (Å²) in [6.45, 7) is -0.100. The number of amides is 1. The van der Waals surface area contributed by atoms with Gasteiger partial charge in [-0.25, -0.2) is 0 Å².